The average molecular weight is 204 g/mol. The highest BCUT2D eigenvalue weighted by Crippen LogP contribution is 2.27. The lowest BCUT2D eigenvalue weighted by molar-refractivity contribution is 0.0695. The summed E-state index contributed by atoms with van der Waals surface area (Å²) in [5, 5.41) is 18.1. The Hall–Kier alpha value is -1.76. The Labute approximate surface area is 87.7 Å². The second kappa shape index (κ2) is 3.43. The van der Waals surface area contributed by atoms with Crippen molar-refractivity contribution in [3.8, 4) is 6.07 Å². The zero-order valence-electron chi connectivity index (χ0n) is 8.58. The molecule has 0 saturated heterocycles. The SMILES string of the molecule is Cc1c(C(=O)O)c(C#N)c2n1CCCC2. The van der Waals surface area contributed by atoms with Crippen LogP contribution in [-0.2, 0) is 13.0 Å². The van der Waals surface area contributed by atoms with Gasteiger partial charge in [-0.15, -0.1) is 0 Å². The van der Waals surface area contributed by atoms with Gasteiger partial charge in [-0.1, -0.05) is 0 Å². The van der Waals surface area contributed by atoms with Crippen LogP contribution in [0.5, 0.6) is 0 Å². The number of nitrogens with zero attached hydrogens (tertiary/aromatic N) is 2. The van der Waals surface area contributed by atoms with Crippen molar-refractivity contribution in [2.75, 3.05) is 0 Å². The normalized spacial score (nSPS) is 14.4. The molecule has 0 spiro atoms. The lowest BCUT2D eigenvalue weighted by atomic mass is 10.1. The van der Waals surface area contributed by atoms with Gasteiger partial charge in [0.15, 0.2) is 0 Å². The molecule has 0 amide bonds. The summed E-state index contributed by atoms with van der Waals surface area (Å²) in [6, 6.07) is 2.02. The van der Waals surface area contributed by atoms with Gasteiger partial charge in [0.25, 0.3) is 0 Å². The molecule has 0 aromatic carbocycles. The molecule has 1 aromatic heterocycles. The maximum absolute atomic E-state index is 11.1. The third kappa shape index (κ3) is 1.32. The Balaban J connectivity index is 2.71. The lowest BCUT2D eigenvalue weighted by Gasteiger charge is -2.16. The van der Waals surface area contributed by atoms with E-state index in [0.717, 1.165) is 31.5 Å². The number of aromatic nitrogens is 1. The number of aromatic carboxylic acids is 1. The van der Waals surface area contributed by atoms with Crippen molar-refractivity contribution >= 4 is 5.97 Å². The Morgan fingerprint density at radius 3 is 2.87 bits per heavy atom. The molecule has 0 saturated carbocycles. The number of carboxylic acids is 1. The van der Waals surface area contributed by atoms with Crippen LogP contribution in [0.4, 0.5) is 0 Å². The van der Waals surface area contributed by atoms with Gasteiger partial charge in [-0.3, -0.25) is 0 Å². The van der Waals surface area contributed by atoms with Crippen molar-refractivity contribution in [1.82, 2.24) is 4.57 Å². The number of hydrogen-bond donors (Lipinski definition) is 1. The second-order valence-electron chi connectivity index (χ2n) is 3.81. The van der Waals surface area contributed by atoms with Crippen molar-refractivity contribution in [2.24, 2.45) is 0 Å². The van der Waals surface area contributed by atoms with Crippen LogP contribution >= 0.6 is 0 Å². The fraction of sp³-hybridized carbons (Fsp3) is 0.455. The first kappa shape index (κ1) is 9.78. The smallest absolute Gasteiger partial charge is 0.338 e. The van der Waals surface area contributed by atoms with Crippen LogP contribution in [0, 0.1) is 18.3 Å². The van der Waals surface area contributed by atoms with Crippen molar-refractivity contribution in [1.29, 1.82) is 5.26 Å². The summed E-state index contributed by atoms with van der Waals surface area (Å²) in [4.78, 5) is 11.1. The molecular weight excluding hydrogens is 192 g/mol. The largest absolute Gasteiger partial charge is 0.478 e. The summed E-state index contributed by atoms with van der Waals surface area (Å²) in [7, 11) is 0. The van der Waals surface area contributed by atoms with E-state index >= 15 is 0 Å². The Morgan fingerprint density at radius 1 is 1.53 bits per heavy atom. The van der Waals surface area contributed by atoms with Crippen LogP contribution in [0.15, 0.2) is 0 Å². The van der Waals surface area contributed by atoms with Gasteiger partial charge in [-0.05, 0) is 26.2 Å². The highest BCUT2D eigenvalue weighted by atomic mass is 16.4. The van der Waals surface area contributed by atoms with Crippen LogP contribution in [0.1, 0.15) is 40.2 Å². The van der Waals surface area contributed by atoms with Gasteiger partial charge in [0, 0.05) is 17.9 Å². The fourth-order valence-electron chi connectivity index (χ4n) is 2.30. The monoisotopic (exact) mass is 204 g/mol. The van der Waals surface area contributed by atoms with E-state index in [9.17, 15) is 4.79 Å². The lowest BCUT2D eigenvalue weighted by Crippen LogP contribution is -2.11. The van der Waals surface area contributed by atoms with Crippen LogP contribution < -0.4 is 0 Å². The molecule has 0 aliphatic carbocycles. The van der Waals surface area contributed by atoms with Gasteiger partial charge in [0.2, 0.25) is 0 Å². The third-order valence-corrected chi connectivity index (χ3v) is 3.00. The highest BCUT2D eigenvalue weighted by molar-refractivity contribution is 5.92. The van der Waals surface area contributed by atoms with Crippen molar-refractivity contribution in [2.45, 2.75) is 32.7 Å². The van der Waals surface area contributed by atoms with E-state index in [-0.39, 0.29) is 5.56 Å². The number of rotatable bonds is 1. The minimum absolute atomic E-state index is 0.189. The molecule has 1 aromatic rings. The van der Waals surface area contributed by atoms with Crippen molar-refractivity contribution in [3.05, 3.63) is 22.5 Å². The first-order valence-electron chi connectivity index (χ1n) is 5.02. The number of hydrogen-bond acceptors (Lipinski definition) is 2. The summed E-state index contributed by atoms with van der Waals surface area (Å²) in [5.41, 5.74) is 2.17. The van der Waals surface area contributed by atoms with E-state index in [0.29, 0.717) is 11.3 Å². The van der Waals surface area contributed by atoms with Crippen LogP contribution in [0.2, 0.25) is 0 Å². The molecular formula is C11H12N2O2. The molecule has 0 atom stereocenters. The third-order valence-electron chi connectivity index (χ3n) is 3.00. The summed E-state index contributed by atoms with van der Waals surface area (Å²) in [6.07, 6.45) is 2.92. The van der Waals surface area contributed by atoms with Crippen LogP contribution in [0.25, 0.3) is 0 Å². The van der Waals surface area contributed by atoms with Gasteiger partial charge >= 0.3 is 5.97 Å². The predicted octanol–water partition coefficient (Wildman–Crippen LogP) is 1.70. The first-order valence-corrected chi connectivity index (χ1v) is 5.02. The number of carbonyl (C=O) groups is 1. The summed E-state index contributed by atoms with van der Waals surface area (Å²) in [6.45, 7) is 2.61. The van der Waals surface area contributed by atoms with Gasteiger partial charge in [-0.2, -0.15) is 5.26 Å². The zero-order valence-corrected chi connectivity index (χ0v) is 8.58. The van der Waals surface area contributed by atoms with Crippen molar-refractivity contribution < 1.29 is 9.90 Å². The Bertz CT molecular complexity index is 466. The quantitative estimate of drug-likeness (QED) is 0.757. The standard InChI is InChI=1S/C11H12N2O2/c1-7-10(11(14)15)8(6-12)9-4-2-3-5-13(7)9/h2-5H2,1H3,(H,14,15). The predicted molar refractivity (Wildman–Crippen MR) is 53.8 cm³/mol. The van der Waals surface area contributed by atoms with Gasteiger partial charge < -0.3 is 9.67 Å². The summed E-state index contributed by atoms with van der Waals surface area (Å²) < 4.78 is 1.98. The molecule has 1 aliphatic rings. The molecule has 78 valence electrons. The van der Waals surface area contributed by atoms with Crippen LogP contribution in [0.3, 0.4) is 0 Å². The van der Waals surface area contributed by atoms with E-state index < -0.39 is 5.97 Å². The average Bonchev–Trinajstić information content (AvgIpc) is 2.52. The minimum Gasteiger partial charge on any atom is -0.478 e. The second-order valence-corrected chi connectivity index (χ2v) is 3.81. The van der Waals surface area contributed by atoms with E-state index in [4.69, 9.17) is 10.4 Å². The summed E-state index contributed by atoms with van der Waals surface area (Å²) >= 11 is 0. The van der Waals surface area contributed by atoms with E-state index in [1.807, 2.05) is 10.6 Å². The van der Waals surface area contributed by atoms with Crippen molar-refractivity contribution in [3.63, 3.8) is 0 Å². The maximum Gasteiger partial charge on any atom is 0.338 e. The van der Waals surface area contributed by atoms with E-state index in [2.05, 4.69) is 0 Å². The molecule has 2 heterocycles. The molecule has 1 N–H and O–H groups in total. The van der Waals surface area contributed by atoms with E-state index in [1.165, 1.54) is 0 Å². The minimum atomic E-state index is -0.994. The van der Waals surface area contributed by atoms with Gasteiger partial charge in [0.1, 0.15) is 6.07 Å². The number of carboxylic acid groups (broad SMARTS) is 1. The number of nitriles is 1. The Kier molecular flexibility index (Phi) is 2.24. The molecule has 4 nitrogen and oxygen atoms in total. The van der Waals surface area contributed by atoms with Gasteiger partial charge in [-0.25, -0.2) is 4.79 Å². The topological polar surface area (TPSA) is 66.0 Å². The van der Waals surface area contributed by atoms with E-state index in [1.54, 1.807) is 6.92 Å². The molecule has 4 heteroatoms. The molecule has 0 fully saturated rings. The molecule has 2 rings (SSSR count). The molecule has 0 radical (unpaired) electrons. The molecule has 15 heavy (non-hydrogen) atoms. The maximum atomic E-state index is 11.1. The van der Waals surface area contributed by atoms with Gasteiger partial charge in [0.05, 0.1) is 11.1 Å². The Morgan fingerprint density at radius 2 is 2.27 bits per heavy atom. The zero-order chi connectivity index (χ0) is 11.0. The molecule has 0 bridgehead atoms. The number of fused-ring (bicyclic) bond motifs is 1. The molecule has 0 unspecified atom stereocenters. The van der Waals surface area contributed by atoms with Crippen LogP contribution in [-0.4, -0.2) is 15.6 Å². The first-order chi connectivity index (χ1) is 7.16. The fourth-order valence-corrected chi connectivity index (χ4v) is 2.30. The molecule has 1 aliphatic heterocycles. The highest BCUT2D eigenvalue weighted by Gasteiger charge is 2.25. The summed E-state index contributed by atoms with van der Waals surface area (Å²) in [5.74, 6) is -0.994.